The van der Waals surface area contributed by atoms with Crippen molar-refractivity contribution in [3.05, 3.63) is 32.9 Å². The molecule has 3 heterocycles. The van der Waals surface area contributed by atoms with E-state index in [0.717, 1.165) is 34.7 Å². The van der Waals surface area contributed by atoms with Crippen LogP contribution in [0.1, 0.15) is 31.3 Å². The topological polar surface area (TPSA) is 38.5 Å². The Kier molecular flexibility index (Phi) is 3.53. The van der Waals surface area contributed by atoms with E-state index in [4.69, 9.17) is 12.2 Å². The van der Waals surface area contributed by atoms with E-state index in [1.54, 1.807) is 11.3 Å². The van der Waals surface area contributed by atoms with E-state index in [2.05, 4.69) is 52.9 Å². The van der Waals surface area contributed by atoms with Crippen molar-refractivity contribution in [3.63, 3.8) is 0 Å². The molecule has 21 heavy (non-hydrogen) atoms. The fraction of sp³-hybridized carbons (Fsp3) is 0.467. The lowest BCUT2D eigenvalue weighted by molar-refractivity contribution is 0.440. The normalized spacial score (nSPS) is 12.4. The van der Waals surface area contributed by atoms with Gasteiger partial charge in [0, 0.05) is 23.4 Å². The second-order valence-electron chi connectivity index (χ2n) is 5.98. The van der Waals surface area contributed by atoms with Crippen molar-refractivity contribution in [1.29, 1.82) is 0 Å². The number of thiophene rings is 1. The molecule has 0 radical (unpaired) electrons. The summed E-state index contributed by atoms with van der Waals surface area (Å²) in [5, 5.41) is 6.71. The highest BCUT2D eigenvalue weighted by Gasteiger charge is 2.25. The largest absolute Gasteiger partial charge is 0.328 e. The van der Waals surface area contributed by atoms with Crippen LogP contribution < -0.4 is 0 Å². The third kappa shape index (κ3) is 2.36. The van der Waals surface area contributed by atoms with Crippen molar-refractivity contribution >= 4 is 34.7 Å². The molecule has 0 saturated heterocycles. The number of nitrogens with one attached hydrogen (secondary N) is 1. The Labute approximate surface area is 133 Å². The Balaban J connectivity index is 2.13. The minimum absolute atomic E-state index is 0.0399. The van der Waals surface area contributed by atoms with Gasteiger partial charge in [-0.3, -0.25) is 0 Å². The average molecular weight is 320 g/mol. The van der Waals surface area contributed by atoms with Gasteiger partial charge < -0.3 is 9.55 Å². The molecule has 0 bridgehead atoms. The molecule has 3 rings (SSSR count). The maximum atomic E-state index is 5.54. The zero-order valence-corrected chi connectivity index (χ0v) is 14.4. The van der Waals surface area contributed by atoms with Gasteiger partial charge in [-0.1, -0.05) is 19.9 Å². The van der Waals surface area contributed by atoms with E-state index in [1.807, 2.05) is 11.6 Å². The molecule has 1 N–H and O–H groups in total. The van der Waals surface area contributed by atoms with Crippen molar-refractivity contribution in [2.75, 3.05) is 0 Å². The Morgan fingerprint density at radius 1 is 1.43 bits per heavy atom. The molecule has 0 fully saturated rings. The van der Waals surface area contributed by atoms with Crippen LogP contribution in [0.4, 0.5) is 0 Å². The Bertz CT molecular complexity index is 818. The number of H-pyrrole nitrogens is 1. The molecule has 0 aliphatic rings. The predicted molar refractivity (Wildman–Crippen MR) is 90.7 cm³/mol. The van der Waals surface area contributed by atoms with Crippen molar-refractivity contribution in [2.45, 2.75) is 46.2 Å². The molecule has 0 aliphatic carbocycles. The van der Waals surface area contributed by atoms with Gasteiger partial charge in [-0.05, 0) is 37.5 Å². The second kappa shape index (κ2) is 5.10. The van der Waals surface area contributed by atoms with Crippen LogP contribution in [0.2, 0.25) is 0 Å². The van der Waals surface area contributed by atoms with Gasteiger partial charge in [0.1, 0.15) is 5.52 Å². The van der Waals surface area contributed by atoms with Crippen LogP contribution in [-0.4, -0.2) is 19.3 Å². The van der Waals surface area contributed by atoms with Gasteiger partial charge in [-0.2, -0.15) is 5.10 Å². The summed E-state index contributed by atoms with van der Waals surface area (Å²) in [6, 6.07) is 4.30. The first kappa shape index (κ1) is 14.5. The molecule has 4 nitrogen and oxygen atoms in total. The van der Waals surface area contributed by atoms with E-state index in [9.17, 15) is 0 Å². The van der Waals surface area contributed by atoms with Crippen LogP contribution in [0.25, 0.3) is 11.2 Å². The summed E-state index contributed by atoms with van der Waals surface area (Å²) >= 11 is 7.34. The first-order valence-corrected chi connectivity index (χ1v) is 8.42. The number of aromatic nitrogens is 4. The quantitative estimate of drug-likeness (QED) is 0.729. The fourth-order valence-electron chi connectivity index (χ4n) is 2.76. The third-order valence-corrected chi connectivity index (χ3v) is 5.43. The summed E-state index contributed by atoms with van der Waals surface area (Å²) in [5.41, 5.74) is 3.21. The van der Waals surface area contributed by atoms with Crippen molar-refractivity contribution in [1.82, 2.24) is 19.3 Å². The molecule has 0 spiro atoms. The SMILES string of the molecule is CCn1nc(C)c2[nH]c(=S)n(CC(C)(C)c3cccs3)c21. The zero-order valence-electron chi connectivity index (χ0n) is 12.8. The van der Waals surface area contributed by atoms with Crippen LogP contribution >= 0.6 is 23.6 Å². The maximum Gasteiger partial charge on any atom is 0.179 e. The lowest BCUT2D eigenvalue weighted by atomic mass is 9.91. The number of rotatable bonds is 4. The van der Waals surface area contributed by atoms with E-state index in [-0.39, 0.29) is 5.41 Å². The first-order chi connectivity index (χ1) is 9.94. The van der Waals surface area contributed by atoms with Crippen LogP contribution in [0, 0.1) is 11.7 Å². The summed E-state index contributed by atoms with van der Waals surface area (Å²) in [6.07, 6.45) is 0. The van der Waals surface area contributed by atoms with Gasteiger partial charge in [0.2, 0.25) is 0 Å². The number of aromatic amines is 1. The van der Waals surface area contributed by atoms with Gasteiger partial charge in [0.25, 0.3) is 0 Å². The Morgan fingerprint density at radius 3 is 2.81 bits per heavy atom. The van der Waals surface area contributed by atoms with Crippen LogP contribution in [0.5, 0.6) is 0 Å². The molecule has 0 unspecified atom stereocenters. The third-order valence-electron chi connectivity index (χ3n) is 3.87. The van der Waals surface area contributed by atoms with Gasteiger partial charge in [-0.15, -0.1) is 11.3 Å². The lowest BCUT2D eigenvalue weighted by Gasteiger charge is -2.24. The summed E-state index contributed by atoms with van der Waals surface area (Å²) in [7, 11) is 0. The zero-order chi connectivity index (χ0) is 15.2. The molecular formula is C15H20N4S2. The number of hydrogen-bond donors (Lipinski definition) is 1. The highest BCUT2D eigenvalue weighted by atomic mass is 32.1. The van der Waals surface area contributed by atoms with Crippen molar-refractivity contribution in [2.24, 2.45) is 0 Å². The summed E-state index contributed by atoms with van der Waals surface area (Å²) in [4.78, 5) is 4.69. The number of imidazole rings is 1. The van der Waals surface area contributed by atoms with E-state index >= 15 is 0 Å². The standard InChI is InChI=1S/C15H20N4S2/c1-5-19-13-12(10(2)17-19)16-14(20)18(13)9-15(3,4)11-7-6-8-21-11/h6-8H,5,9H2,1-4H3,(H,16,20). The highest BCUT2D eigenvalue weighted by Crippen LogP contribution is 2.31. The second-order valence-corrected chi connectivity index (χ2v) is 7.31. The Hall–Kier alpha value is -1.40. The van der Waals surface area contributed by atoms with Gasteiger partial charge >= 0.3 is 0 Å². The molecule has 3 aromatic rings. The summed E-state index contributed by atoms with van der Waals surface area (Å²) in [6.45, 7) is 10.3. The van der Waals surface area contributed by atoms with Crippen LogP contribution in [0.3, 0.4) is 0 Å². The molecule has 6 heteroatoms. The molecule has 0 amide bonds. The van der Waals surface area contributed by atoms with Gasteiger partial charge in [-0.25, -0.2) is 4.68 Å². The molecular weight excluding hydrogens is 300 g/mol. The molecule has 112 valence electrons. The monoisotopic (exact) mass is 320 g/mol. The predicted octanol–water partition coefficient (Wildman–Crippen LogP) is 4.26. The first-order valence-electron chi connectivity index (χ1n) is 7.14. The van der Waals surface area contributed by atoms with E-state index < -0.39 is 0 Å². The minimum Gasteiger partial charge on any atom is -0.328 e. The van der Waals surface area contributed by atoms with Gasteiger partial charge in [0.15, 0.2) is 10.4 Å². The van der Waals surface area contributed by atoms with Gasteiger partial charge in [0.05, 0.1) is 5.69 Å². The maximum absolute atomic E-state index is 5.54. The van der Waals surface area contributed by atoms with Crippen LogP contribution in [-0.2, 0) is 18.5 Å². The molecule has 0 saturated carbocycles. The lowest BCUT2D eigenvalue weighted by Crippen LogP contribution is -2.24. The minimum atomic E-state index is 0.0399. The van der Waals surface area contributed by atoms with E-state index in [1.165, 1.54) is 4.88 Å². The Morgan fingerprint density at radius 2 is 2.19 bits per heavy atom. The molecule has 3 aromatic heterocycles. The fourth-order valence-corrected chi connectivity index (χ4v) is 3.86. The average Bonchev–Trinajstić information content (AvgIpc) is 3.11. The number of hydrogen-bond acceptors (Lipinski definition) is 3. The number of aryl methyl sites for hydroxylation is 2. The van der Waals surface area contributed by atoms with E-state index in [0.29, 0.717) is 0 Å². The van der Waals surface area contributed by atoms with Crippen molar-refractivity contribution in [3.8, 4) is 0 Å². The summed E-state index contributed by atoms with van der Waals surface area (Å²) < 4.78 is 4.99. The molecule has 0 aromatic carbocycles. The van der Waals surface area contributed by atoms with Crippen molar-refractivity contribution < 1.29 is 0 Å². The number of fused-ring (bicyclic) bond motifs is 1. The smallest absolute Gasteiger partial charge is 0.179 e. The van der Waals surface area contributed by atoms with Crippen LogP contribution in [0.15, 0.2) is 17.5 Å². The summed E-state index contributed by atoms with van der Waals surface area (Å²) in [5.74, 6) is 0. The highest BCUT2D eigenvalue weighted by molar-refractivity contribution is 7.71. The molecule has 0 atom stereocenters. The molecule has 0 aliphatic heterocycles. The number of nitrogens with zero attached hydrogens (tertiary/aromatic N) is 3.